The van der Waals surface area contributed by atoms with E-state index in [1.54, 1.807) is 6.92 Å². The maximum absolute atomic E-state index is 12.3. The van der Waals surface area contributed by atoms with Crippen LogP contribution in [0.3, 0.4) is 0 Å². The lowest BCUT2D eigenvalue weighted by Gasteiger charge is -2.58. The van der Waals surface area contributed by atoms with Crippen LogP contribution in [0.15, 0.2) is 16.8 Å². The van der Waals surface area contributed by atoms with Gasteiger partial charge in [-0.2, -0.15) is 0 Å². The van der Waals surface area contributed by atoms with Crippen LogP contribution in [0.1, 0.15) is 86.0 Å². The molecular weight excluding hydrogens is 388 g/mol. The second-order valence-electron chi connectivity index (χ2n) is 11.6. The molecule has 5 nitrogen and oxygen atoms in total. The number of allylic oxidation sites excluding steroid dienone is 2. The van der Waals surface area contributed by atoms with Gasteiger partial charge in [0.2, 0.25) is 0 Å². The van der Waals surface area contributed by atoms with E-state index >= 15 is 0 Å². The third-order valence-corrected chi connectivity index (χ3v) is 9.71. The first-order valence-corrected chi connectivity index (χ1v) is 12.3. The molecule has 0 radical (unpaired) electrons. The summed E-state index contributed by atoms with van der Waals surface area (Å²) in [5.41, 5.74) is 8.63. The summed E-state index contributed by atoms with van der Waals surface area (Å²) in [5, 5.41) is 4.18. The predicted octanol–water partition coefficient (Wildman–Crippen LogP) is 5.04. The van der Waals surface area contributed by atoms with Crippen molar-refractivity contribution in [2.75, 3.05) is 0 Å². The largest absolute Gasteiger partial charge is 0.351 e. The molecule has 4 rings (SSSR count). The normalized spacial score (nSPS) is 41.8. The molecule has 5 heteroatoms. The number of fused-ring (bicyclic) bond motifs is 5. The van der Waals surface area contributed by atoms with Crippen LogP contribution in [0.5, 0.6) is 0 Å². The zero-order valence-electron chi connectivity index (χ0n) is 19.9. The number of oxime groups is 1. The molecule has 0 aromatic rings. The van der Waals surface area contributed by atoms with E-state index in [2.05, 4.69) is 25.1 Å². The van der Waals surface area contributed by atoms with Crippen molar-refractivity contribution in [1.29, 1.82) is 0 Å². The van der Waals surface area contributed by atoms with Crippen LogP contribution in [0.4, 0.5) is 0 Å². The molecule has 4 aliphatic rings. The Kier molecular flexibility index (Phi) is 5.95. The Balaban J connectivity index is 1.51. The van der Waals surface area contributed by atoms with Gasteiger partial charge in [0.25, 0.3) is 0 Å². The molecule has 3 fully saturated rings. The molecule has 0 unspecified atom stereocenters. The summed E-state index contributed by atoms with van der Waals surface area (Å²) in [6, 6.07) is -0.636. The number of nitrogens with zero attached hydrogens (tertiary/aromatic N) is 1. The highest BCUT2D eigenvalue weighted by molar-refractivity contribution is 5.96. The highest BCUT2D eigenvalue weighted by Gasteiger charge is 2.59. The summed E-state index contributed by atoms with van der Waals surface area (Å²) < 4.78 is 0. The number of hydrogen-bond acceptors (Lipinski definition) is 5. The molecule has 172 valence electrons. The van der Waals surface area contributed by atoms with E-state index in [1.807, 2.05) is 13.8 Å². The number of nitrogens with two attached hydrogens (primary N) is 1. The van der Waals surface area contributed by atoms with Gasteiger partial charge in [0.1, 0.15) is 11.8 Å². The van der Waals surface area contributed by atoms with Gasteiger partial charge < -0.3 is 10.6 Å². The van der Waals surface area contributed by atoms with Gasteiger partial charge in [-0.15, -0.1) is 0 Å². The first-order chi connectivity index (χ1) is 14.6. The number of carbonyl (C=O) groups is 2. The Labute approximate surface area is 187 Å². The molecule has 2 N–H and O–H groups in total. The van der Waals surface area contributed by atoms with Crippen molar-refractivity contribution < 1.29 is 14.4 Å². The van der Waals surface area contributed by atoms with Gasteiger partial charge in [0.15, 0.2) is 0 Å². The van der Waals surface area contributed by atoms with Crippen LogP contribution in [0.25, 0.3) is 0 Å². The standard InChI is InChI=1S/C26H40N2O3/c1-15(2)23(27)24(30)31-28-18-10-12-25(4)17(14-18)6-7-19-21-9-8-20(16(3)29)26(21,5)13-11-22(19)25/h14-15,19-23H,6-13,27H2,1-5H3/t19-,20+,21-,22-,23-,25-,26+/m0/s1. The summed E-state index contributed by atoms with van der Waals surface area (Å²) in [6.07, 6.45) is 11.1. The Morgan fingerprint density at radius 1 is 1.10 bits per heavy atom. The molecule has 0 amide bonds. The molecule has 0 heterocycles. The van der Waals surface area contributed by atoms with E-state index in [9.17, 15) is 9.59 Å². The van der Waals surface area contributed by atoms with Crippen molar-refractivity contribution in [3.05, 3.63) is 11.6 Å². The van der Waals surface area contributed by atoms with Crippen molar-refractivity contribution in [3.8, 4) is 0 Å². The first-order valence-electron chi connectivity index (χ1n) is 12.3. The summed E-state index contributed by atoms with van der Waals surface area (Å²) in [4.78, 5) is 29.6. The monoisotopic (exact) mass is 428 g/mol. The minimum absolute atomic E-state index is 0.0335. The Morgan fingerprint density at radius 2 is 1.84 bits per heavy atom. The van der Waals surface area contributed by atoms with Crippen LogP contribution in [0, 0.1) is 40.4 Å². The molecule has 0 spiro atoms. The summed E-state index contributed by atoms with van der Waals surface area (Å²) in [5.74, 6) is 2.35. The lowest BCUT2D eigenvalue weighted by Crippen LogP contribution is -2.51. The average Bonchev–Trinajstić information content (AvgIpc) is 3.08. The molecule has 3 saturated carbocycles. The van der Waals surface area contributed by atoms with Gasteiger partial charge in [-0.25, -0.2) is 4.79 Å². The number of ketones is 1. The Hall–Kier alpha value is -1.49. The molecule has 0 bridgehead atoms. The van der Waals surface area contributed by atoms with Crippen LogP contribution in [-0.4, -0.2) is 23.5 Å². The maximum Gasteiger partial charge on any atom is 0.351 e. The quantitative estimate of drug-likeness (QED) is 0.502. The van der Waals surface area contributed by atoms with Crippen molar-refractivity contribution in [2.24, 2.45) is 51.3 Å². The van der Waals surface area contributed by atoms with E-state index in [0.29, 0.717) is 17.6 Å². The van der Waals surface area contributed by atoms with Gasteiger partial charge in [0.05, 0.1) is 5.71 Å². The van der Waals surface area contributed by atoms with Crippen molar-refractivity contribution in [1.82, 2.24) is 0 Å². The zero-order valence-corrected chi connectivity index (χ0v) is 19.9. The zero-order chi connectivity index (χ0) is 22.6. The minimum atomic E-state index is -0.636. The Bertz CT molecular complexity index is 815. The van der Waals surface area contributed by atoms with Gasteiger partial charge in [-0.3, -0.25) is 4.79 Å². The fourth-order valence-corrected chi connectivity index (χ4v) is 7.75. The summed E-state index contributed by atoms with van der Waals surface area (Å²) in [7, 11) is 0. The van der Waals surface area contributed by atoms with Crippen LogP contribution < -0.4 is 5.73 Å². The molecule has 0 aliphatic heterocycles. The lowest BCUT2D eigenvalue weighted by atomic mass is 9.46. The predicted molar refractivity (Wildman–Crippen MR) is 122 cm³/mol. The fraction of sp³-hybridized carbons (Fsp3) is 0.808. The van der Waals surface area contributed by atoms with Crippen LogP contribution in [-0.2, 0) is 14.4 Å². The van der Waals surface area contributed by atoms with Gasteiger partial charge in [0, 0.05) is 5.92 Å². The number of carbonyl (C=O) groups excluding carboxylic acids is 2. The molecule has 7 atom stereocenters. The SMILES string of the molecule is CC(=O)[C@H]1CC[C@H]2[C@@H]3CCC4=CC(=NOC(=O)[C@@H](N)C(C)C)CC[C@]4(C)[C@H]3CC[C@]12C. The van der Waals surface area contributed by atoms with E-state index < -0.39 is 12.0 Å². The lowest BCUT2D eigenvalue weighted by molar-refractivity contribution is -0.146. The third kappa shape index (κ3) is 3.71. The number of hydrogen-bond donors (Lipinski definition) is 1. The van der Waals surface area contributed by atoms with Crippen molar-refractivity contribution in [2.45, 2.75) is 92.0 Å². The Morgan fingerprint density at radius 3 is 2.52 bits per heavy atom. The molecule has 0 aromatic carbocycles. The van der Waals surface area contributed by atoms with Crippen LogP contribution in [0.2, 0.25) is 0 Å². The fourth-order valence-electron chi connectivity index (χ4n) is 7.75. The van der Waals surface area contributed by atoms with Crippen molar-refractivity contribution >= 4 is 17.5 Å². The number of Topliss-reactive ketones (excluding diaryl/α,β-unsaturated/α-hetero) is 1. The van der Waals surface area contributed by atoms with Gasteiger partial charge in [-0.1, -0.05) is 38.4 Å². The van der Waals surface area contributed by atoms with Gasteiger partial charge >= 0.3 is 5.97 Å². The molecule has 4 aliphatic carbocycles. The maximum atomic E-state index is 12.3. The van der Waals surface area contributed by atoms with E-state index in [1.165, 1.54) is 31.3 Å². The molecular formula is C26H40N2O3. The summed E-state index contributed by atoms with van der Waals surface area (Å²) in [6.45, 7) is 10.5. The topological polar surface area (TPSA) is 81.8 Å². The molecule has 0 saturated heterocycles. The first kappa shape index (κ1) is 22.7. The highest BCUT2D eigenvalue weighted by Crippen LogP contribution is 2.66. The minimum Gasteiger partial charge on any atom is -0.318 e. The van der Waals surface area contributed by atoms with Crippen molar-refractivity contribution in [3.63, 3.8) is 0 Å². The van der Waals surface area contributed by atoms with E-state index in [-0.39, 0.29) is 22.7 Å². The summed E-state index contributed by atoms with van der Waals surface area (Å²) >= 11 is 0. The third-order valence-electron chi connectivity index (χ3n) is 9.71. The second-order valence-corrected chi connectivity index (χ2v) is 11.6. The van der Waals surface area contributed by atoms with E-state index in [4.69, 9.17) is 10.6 Å². The highest BCUT2D eigenvalue weighted by atomic mass is 16.7. The van der Waals surface area contributed by atoms with Gasteiger partial charge in [-0.05, 0) is 98.9 Å². The smallest absolute Gasteiger partial charge is 0.318 e. The van der Waals surface area contributed by atoms with Crippen LogP contribution >= 0.6 is 0 Å². The average molecular weight is 429 g/mol. The molecule has 0 aromatic heterocycles. The second kappa shape index (κ2) is 8.13. The van der Waals surface area contributed by atoms with E-state index in [0.717, 1.165) is 37.3 Å². The molecule has 31 heavy (non-hydrogen) atoms. The number of rotatable bonds is 4.